The van der Waals surface area contributed by atoms with Crippen molar-refractivity contribution in [2.75, 3.05) is 39.6 Å². The van der Waals surface area contributed by atoms with E-state index in [-0.39, 0.29) is 12.8 Å². The monoisotopic (exact) mass is 1590 g/mol. The van der Waals surface area contributed by atoms with Crippen LogP contribution in [-0.2, 0) is 61.8 Å². The van der Waals surface area contributed by atoms with Crippen molar-refractivity contribution < 1.29 is 164 Å². The minimum absolute atomic E-state index is 0.0871. The van der Waals surface area contributed by atoms with Crippen LogP contribution >= 0.6 is 0 Å². The molecule has 5 aliphatic heterocycles. The largest absolute Gasteiger partial charge is 0.477 e. The van der Waals surface area contributed by atoms with Gasteiger partial charge in [-0.25, -0.2) is 4.79 Å². The lowest BCUT2D eigenvalue weighted by molar-refractivity contribution is -0.393. The molecule has 5 heterocycles. The number of carboxylic acids is 1. The zero-order valence-electron chi connectivity index (χ0n) is 64.6. The maximum absolute atomic E-state index is 13.9. The number of aliphatic hydroxyl groups excluding tert-OH is 19. The molecule has 0 bridgehead atoms. The molecule has 5 fully saturated rings. The second-order valence-corrected chi connectivity index (χ2v) is 30.6. The van der Waals surface area contributed by atoms with Crippen LogP contribution in [0.25, 0.3) is 0 Å². The molecule has 5 rings (SSSR count). The van der Waals surface area contributed by atoms with Crippen LogP contribution in [0.1, 0.15) is 233 Å². The van der Waals surface area contributed by atoms with Gasteiger partial charge in [0.1, 0.15) is 128 Å². The Hall–Kier alpha value is -2.75. The number of carbonyl (C=O) groups is 3. The number of hydrogen-bond donors (Lipinski definition) is 22. The maximum Gasteiger partial charge on any atom is 0.364 e. The highest BCUT2D eigenvalue weighted by molar-refractivity contribution is 5.80. The molecule has 30 atom stereocenters. The van der Waals surface area contributed by atoms with Crippen molar-refractivity contribution in [2.24, 2.45) is 0 Å². The molecule has 110 heavy (non-hydrogen) atoms. The van der Waals surface area contributed by atoms with Gasteiger partial charge >= 0.3 is 5.97 Å². The minimum Gasteiger partial charge on any atom is -0.477 e. The molecule has 0 aromatic rings. The Morgan fingerprint density at radius 2 is 0.882 bits per heavy atom. The third-order valence-corrected chi connectivity index (χ3v) is 21.7. The average molecular weight is 1600 g/mol. The van der Waals surface area contributed by atoms with E-state index in [4.69, 9.17) is 47.4 Å². The Kier molecular flexibility index (Phi) is 46.4. The van der Waals surface area contributed by atoms with E-state index in [0.29, 0.717) is 12.8 Å². The van der Waals surface area contributed by atoms with Crippen LogP contribution in [0.5, 0.6) is 0 Å². The molecule has 5 aliphatic rings. The number of aliphatic hydroxyl groups is 19. The van der Waals surface area contributed by atoms with Crippen molar-refractivity contribution in [3.63, 3.8) is 0 Å². The van der Waals surface area contributed by atoms with E-state index in [9.17, 15) is 117 Å². The number of rotatable bonds is 57. The van der Waals surface area contributed by atoms with E-state index in [1.807, 2.05) is 0 Å². The second kappa shape index (κ2) is 52.1. The Morgan fingerprint density at radius 3 is 1.35 bits per heavy atom. The van der Waals surface area contributed by atoms with E-state index in [1.54, 1.807) is 0 Å². The number of ether oxygens (including phenoxy) is 10. The number of amides is 2. The molecule has 35 nitrogen and oxygen atoms in total. The summed E-state index contributed by atoms with van der Waals surface area (Å²) in [5.74, 6) is -7.46. The highest BCUT2D eigenvalue weighted by atomic mass is 16.8. The molecule has 0 spiro atoms. The third-order valence-electron chi connectivity index (χ3n) is 21.7. The summed E-state index contributed by atoms with van der Waals surface area (Å²) in [5.41, 5.74) is 0. The zero-order chi connectivity index (χ0) is 81.0. The molecule has 0 unspecified atom stereocenters. The molecular formula is C75H138N2O33. The van der Waals surface area contributed by atoms with Gasteiger partial charge in [0.05, 0.1) is 63.9 Å². The molecule has 0 aromatic carbocycles. The Balaban J connectivity index is 1.27. The highest BCUT2D eigenvalue weighted by Crippen LogP contribution is 2.42. The molecule has 0 aliphatic carbocycles. The number of carboxylic acid groups (broad SMARTS) is 1. The molecule has 0 aromatic heterocycles. The third kappa shape index (κ3) is 30.0. The molecule has 35 heteroatoms. The van der Waals surface area contributed by atoms with Crippen LogP contribution in [0.3, 0.4) is 0 Å². The van der Waals surface area contributed by atoms with Crippen molar-refractivity contribution in [2.45, 2.75) is 416 Å². The van der Waals surface area contributed by atoms with Crippen molar-refractivity contribution in [3.05, 3.63) is 0 Å². The van der Waals surface area contributed by atoms with Crippen molar-refractivity contribution in [3.8, 4) is 0 Å². The van der Waals surface area contributed by atoms with Crippen LogP contribution in [0.15, 0.2) is 0 Å². The molecule has 0 saturated carbocycles. The van der Waals surface area contributed by atoms with Gasteiger partial charge in [-0.3, -0.25) is 9.59 Å². The first kappa shape index (κ1) is 97.8. The van der Waals surface area contributed by atoms with E-state index >= 15 is 0 Å². The number of hydrogen-bond acceptors (Lipinski definition) is 32. The molecule has 22 N–H and O–H groups in total. The number of carbonyl (C=O) groups excluding carboxylic acids is 2. The molecule has 5 saturated heterocycles. The van der Waals surface area contributed by atoms with E-state index in [2.05, 4.69) is 24.5 Å². The smallest absolute Gasteiger partial charge is 0.364 e. The van der Waals surface area contributed by atoms with Gasteiger partial charge < -0.3 is 160 Å². The van der Waals surface area contributed by atoms with Gasteiger partial charge in [-0.1, -0.05) is 206 Å². The molecule has 2 amide bonds. The first-order valence-corrected chi connectivity index (χ1v) is 40.6. The fourth-order valence-corrected chi connectivity index (χ4v) is 15.0. The number of unbranched alkanes of at least 4 members (excludes halogenated alkanes) is 28. The SMILES string of the molecule is CCCCCCCCCCCCCCCCCCCCCC[C@@H](O)C(=O)N[C@@H](CO[C@@H]1O[C@H](CO)[C@@H](O[C@@H]2O[C@H](CO)[C@H](O)[C@H](O[C@]3(C(=O)O)C[C@H](O[C@H]4O[C@H](CO)[C@H](O)[C@H](O[C@@H]5O[C@@H]([C@@H](O)CO)[C@H](O)[C@H]5O)[C@H]4O)[C@@H](NC(C)=O)[C@H]([C@H](O)[C@H](O)CO)O3)[C@H]2O)[C@H](O)[C@H]1O)[C@H](O)[C@H](O)CCCCCCCCCCCC. The lowest BCUT2D eigenvalue weighted by Crippen LogP contribution is -2.72. The Bertz CT molecular complexity index is 2470. The van der Waals surface area contributed by atoms with E-state index in [0.717, 1.165) is 84.0 Å². The highest BCUT2D eigenvalue weighted by Gasteiger charge is 2.62. The van der Waals surface area contributed by atoms with Gasteiger partial charge in [0.2, 0.25) is 11.8 Å². The van der Waals surface area contributed by atoms with Crippen LogP contribution in [-0.4, -0.2) is 343 Å². The Morgan fingerprint density at radius 1 is 0.455 bits per heavy atom. The fraction of sp³-hybridized carbons (Fsp3) is 0.960. The van der Waals surface area contributed by atoms with Gasteiger partial charge in [-0.2, -0.15) is 0 Å². The lowest BCUT2D eigenvalue weighted by atomic mass is 9.87. The van der Waals surface area contributed by atoms with Crippen LogP contribution in [0, 0.1) is 0 Å². The first-order valence-electron chi connectivity index (χ1n) is 40.6. The predicted octanol–water partition coefficient (Wildman–Crippen LogP) is -1.46. The van der Waals surface area contributed by atoms with E-state index < -0.39 is 247 Å². The summed E-state index contributed by atoms with van der Waals surface area (Å²) < 4.78 is 58.2. The van der Waals surface area contributed by atoms with Crippen LogP contribution < -0.4 is 10.6 Å². The summed E-state index contributed by atoms with van der Waals surface area (Å²) in [5, 5.41) is 226. The van der Waals surface area contributed by atoms with Crippen molar-refractivity contribution >= 4 is 17.8 Å². The summed E-state index contributed by atoms with van der Waals surface area (Å²) in [4.78, 5) is 40.5. The summed E-state index contributed by atoms with van der Waals surface area (Å²) in [6, 6.07) is -3.37. The maximum atomic E-state index is 13.9. The summed E-state index contributed by atoms with van der Waals surface area (Å²) >= 11 is 0. The summed E-state index contributed by atoms with van der Waals surface area (Å²) in [7, 11) is 0. The fourth-order valence-electron chi connectivity index (χ4n) is 15.0. The van der Waals surface area contributed by atoms with Gasteiger partial charge in [-0.15, -0.1) is 0 Å². The second-order valence-electron chi connectivity index (χ2n) is 30.6. The van der Waals surface area contributed by atoms with Gasteiger partial charge in [0.15, 0.2) is 25.2 Å². The molecule has 0 radical (unpaired) electrons. The van der Waals surface area contributed by atoms with Crippen molar-refractivity contribution in [1.29, 1.82) is 0 Å². The topological polar surface area (TPSA) is 572 Å². The molecule has 646 valence electrons. The summed E-state index contributed by atoms with van der Waals surface area (Å²) in [6.45, 7) is -0.923. The van der Waals surface area contributed by atoms with E-state index in [1.165, 1.54) is 103 Å². The lowest BCUT2D eigenvalue weighted by Gasteiger charge is -2.52. The first-order chi connectivity index (χ1) is 52.7. The van der Waals surface area contributed by atoms with Crippen LogP contribution in [0.4, 0.5) is 0 Å². The number of nitrogens with one attached hydrogen (secondary N) is 2. The predicted molar refractivity (Wildman–Crippen MR) is 388 cm³/mol. The minimum atomic E-state index is -3.43. The number of aliphatic carboxylic acids is 1. The van der Waals surface area contributed by atoms with Gasteiger partial charge in [0, 0.05) is 13.3 Å². The zero-order valence-corrected chi connectivity index (χ0v) is 64.6. The standard InChI is InChI=1S/C75H138N2O33/c1-4-6-8-10-12-14-16-17-18-19-20-21-22-23-24-25-27-29-31-33-35-46(85)69(98)77-44(54(88)45(84)34-32-30-28-26-15-13-11-9-7-5-2)42-101-70-60(94)59(93)65(52(41-82)105-70)107-73-63(97)68(57(91)51(40-81)104-73)110-75(74(99)100)36-49(53(76-43(3)83)66(109-75)55(89)47(86)37-78)102-72-62(96)67(56(90)50(39-80)103-72)108-71-61(95)58(92)64(106-71)48(87)38-79/h44-68,70-73,78-82,84-97H,4-42H2,1-3H3,(H,76,83)(H,77,98)(H,99,100)/t44-,45+,46+,47+,48-,49-,50+,51+,52+,53+,54-,55+,56-,57-,58+,59+,60+,61+,62+,63+,64-,65+,66+,67-,68-,70+,71-,72-,73-,75-/m0/s1. The average Bonchev–Trinajstić information content (AvgIpc) is 0.871. The summed E-state index contributed by atoms with van der Waals surface area (Å²) in [6.07, 6.45) is -22.4. The van der Waals surface area contributed by atoms with Gasteiger partial charge in [0.25, 0.3) is 5.79 Å². The van der Waals surface area contributed by atoms with Gasteiger partial charge in [-0.05, 0) is 12.8 Å². The molecular weight excluding hydrogens is 1460 g/mol. The normalized spacial score (nSPS) is 34.1. The van der Waals surface area contributed by atoms with Crippen LogP contribution in [0.2, 0.25) is 0 Å². The van der Waals surface area contributed by atoms with Crippen molar-refractivity contribution in [1.82, 2.24) is 10.6 Å². The Labute approximate surface area is 645 Å². The quantitative estimate of drug-likeness (QED) is 0.0309.